The minimum atomic E-state index is -1.59. The Labute approximate surface area is 203 Å². The molecule has 3 aromatic rings. The average molecular weight is 476 g/mol. The fraction of sp³-hybridized carbons (Fsp3) is 0.296. The van der Waals surface area contributed by atoms with Crippen LogP contribution in [0.4, 0.5) is 5.69 Å². The molecule has 4 rings (SSSR count). The summed E-state index contributed by atoms with van der Waals surface area (Å²) in [5.74, 6) is -0.624. The van der Waals surface area contributed by atoms with Crippen molar-refractivity contribution in [2.24, 2.45) is 5.10 Å². The maximum atomic E-state index is 13.3. The highest BCUT2D eigenvalue weighted by molar-refractivity contribution is 6.32. The lowest BCUT2D eigenvalue weighted by molar-refractivity contribution is -0.152. The molecule has 1 amide bonds. The first-order valence-corrected chi connectivity index (χ1v) is 11.4. The van der Waals surface area contributed by atoms with Gasteiger partial charge in [0, 0.05) is 27.7 Å². The van der Waals surface area contributed by atoms with Crippen molar-refractivity contribution in [3.05, 3.63) is 70.9 Å². The van der Waals surface area contributed by atoms with Crippen LogP contribution in [0.25, 0.3) is 17.0 Å². The van der Waals surface area contributed by atoms with E-state index in [2.05, 4.69) is 5.10 Å². The Bertz CT molecular complexity index is 1360. The lowest BCUT2D eigenvalue weighted by Gasteiger charge is -2.27. The van der Waals surface area contributed by atoms with Gasteiger partial charge in [-0.25, -0.2) is 4.79 Å². The van der Waals surface area contributed by atoms with E-state index in [0.717, 1.165) is 22.2 Å². The van der Waals surface area contributed by atoms with Crippen molar-refractivity contribution in [1.29, 1.82) is 0 Å². The predicted octanol–water partition coefficient (Wildman–Crippen LogP) is 4.04. The number of fused-ring (bicyclic) bond motifs is 1. The Kier molecular flexibility index (Phi) is 6.36. The van der Waals surface area contributed by atoms with Gasteiger partial charge in [0.1, 0.15) is 5.54 Å². The van der Waals surface area contributed by atoms with E-state index in [1.165, 1.54) is 17.1 Å². The zero-order valence-electron chi connectivity index (χ0n) is 20.4. The van der Waals surface area contributed by atoms with Crippen LogP contribution < -0.4 is 5.01 Å². The summed E-state index contributed by atoms with van der Waals surface area (Å²) in [5.41, 5.74) is 3.41. The lowest BCUT2D eigenvalue weighted by Crippen LogP contribution is -2.38. The van der Waals surface area contributed by atoms with Gasteiger partial charge in [-0.05, 0) is 58.9 Å². The summed E-state index contributed by atoms with van der Waals surface area (Å²) in [6, 6.07) is 14.1. The summed E-state index contributed by atoms with van der Waals surface area (Å²) in [6.07, 6.45) is 0.237. The van der Waals surface area contributed by atoms with E-state index in [9.17, 15) is 19.8 Å². The molecule has 0 saturated carbocycles. The van der Waals surface area contributed by atoms with E-state index in [-0.39, 0.29) is 18.5 Å². The Morgan fingerprint density at radius 1 is 1.11 bits per heavy atom. The number of hydrogen-bond acceptors (Lipinski definition) is 6. The Morgan fingerprint density at radius 3 is 2.40 bits per heavy atom. The first-order chi connectivity index (χ1) is 16.6. The van der Waals surface area contributed by atoms with Gasteiger partial charge in [0.25, 0.3) is 5.91 Å². The molecule has 35 heavy (non-hydrogen) atoms. The molecular formula is C27H29N3O5. The van der Waals surface area contributed by atoms with Gasteiger partial charge in [-0.2, -0.15) is 10.1 Å². The van der Waals surface area contributed by atoms with Gasteiger partial charge in [0.2, 0.25) is 0 Å². The molecule has 0 saturated heterocycles. The van der Waals surface area contributed by atoms with Crippen molar-refractivity contribution in [1.82, 2.24) is 4.57 Å². The molecule has 8 heteroatoms. The SMILES string of the molecule is CCOC(=O)C(C)(C)n1c(C)c(C=C2C(=O)N(c3ccc(C(O)O)cc3)N=C2C)c2ccccc21. The maximum absolute atomic E-state index is 13.3. The molecule has 1 aromatic heterocycles. The van der Waals surface area contributed by atoms with Crippen molar-refractivity contribution in [2.45, 2.75) is 46.4 Å². The number of para-hydroxylation sites is 1. The zero-order valence-corrected chi connectivity index (χ0v) is 20.4. The monoisotopic (exact) mass is 475 g/mol. The van der Waals surface area contributed by atoms with E-state index in [1.807, 2.05) is 55.7 Å². The van der Waals surface area contributed by atoms with Gasteiger partial charge < -0.3 is 19.5 Å². The van der Waals surface area contributed by atoms with Crippen LogP contribution in [0, 0.1) is 6.92 Å². The minimum Gasteiger partial charge on any atom is -0.464 e. The molecule has 2 heterocycles. The van der Waals surface area contributed by atoms with Gasteiger partial charge >= 0.3 is 5.97 Å². The molecule has 0 fully saturated rings. The van der Waals surface area contributed by atoms with Crippen molar-refractivity contribution in [3.63, 3.8) is 0 Å². The Morgan fingerprint density at radius 2 is 1.77 bits per heavy atom. The second kappa shape index (κ2) is 9.13. The topological polar surface area (TPSA) is 104 Å². The highest BCUT2D eigenvalue weighted by Crippen LogP contribution is 2.35. The molecular weight excluding hydrogens is 446 g/mol. The lowest BCUT2D eigenvalue weighted by atomic mass is 10.0. The van der Waals surface area contributed by atoms with Gasteiger partial charge in [-0.15, -0.1) is 0 Å². The van der Waals surface area contributed by atoms with Crippen LogP contribution in [-0.4, -0.2) is 39.0 Å². The molecule has 2 N–H and O–H groups in total. The second-order valence-electron chi connectivity index (χ2n) is 8.96. The zero-order chi connectivity index (χ0) is 25.5. The number of carbonyl (C=O) groups excluding carboxylic acids is 2. The van der Waals surface area contributed by atoms with E-state index in [4.69, 9.17) is 4.74 Å². The van der Waals surface area contributed by atoms with Crippen LogP contribution in [0.5, 0.6) is 0 Å². The quantitative estimate of drug-likeness (QED) is 0.318. The number of nitrogens with zero attached hydrogens (tertiary/aromatic N) is 3. The van der Waals surface area contributed by atoms with Crippen LogP contribution in [0.3, 0.4) is 0 Å². The molecule has 1 aliphatic heterocycles. The number of aromatic nitrogens is 1. The number of aliphatic hydroxyl groups is 2. The molecule has 2 aromatic carbocycles. The molecule has 0 radical (unpaired) electrons. The third-order valence-electron chi connectivity index (χ3n) is 6.28. The van der Waals surface area contributed by atoms with Crippen LogP contribution in [0.15, 0.2) is 59.2 Å². The van der Waals surface area contributed by atoms with Gasteiger partial charge in [-0.1, -0.05) is 30.3 Å². The highest BCUT2D eigenvalue weighted by atomic mass is 16.5. The summed E-state index contributed by atoms with van der Waals surface area (Å²) in [5, 5.41) is 25.3. The molecule has 0 unspecified atom stereocenters. The maximum Gasteiger partial charge on any atom is 0.331 e. The van der Waals surface area contributed by atoms with E-state index in [1.54, 1.807) is 26.0 Å². The summed E-state index contributed by atoms with van der Waals surface area (Å²) in [4.78, 5) is 26.2. The number of benzene rings is 2. The summed E-state index contributed by atoms with van der Waals surface area (Å²) >= 11 is 0. The number of rotatable bonds is 6. The number of amides is 1. The van der Waals surface area contributed by atoms with Gasteiger partial charge in [0.15, 0.2) is 6.29 Å². The van der Waals surface area contributed by atoms with Crippen LogP contribution in [0.2, 0.25) is 0 Å². The largest absolute Gasteiger partial charge is 0.464 e. The predicted molar refractivity (Wildman–Crippen MR) is 135 cm³/mol. The van der Waals surface area contributed by atoms with Crippen LogP contribution in [0.1, 0.15) is 50.8 Å². The fourth-order valence-electron chi connectivity index (χ4n) is 4.49. The van der Waals surface area contributed by atoms with Gasteiger partial charge in [-0.3, -0.25) is 4.79 Å². The van der Waals surface area contributed by atoms with Crippen molar-refractivity contribution < 1.29 is 24.5 Å². The third kappa shape index (κ3) is 4.15. The summed E-state index contributed by atoms with van der Waals surface area (Å²) in [7, 11) is 0. The highest BCUT2D eigenvalue weighted by Gasteiger charge is 2.35. The smallest absolute Gasteiger partial charge is 0.331 e. The number of hydrogen-bond donors (Lipinski definition) is 2. The average Bonchev–Trinajstić information content (AvgIpc) is 3.27. The minimum absolute atomic E-state index is 0.287. The molecule has 1 aliphatic rings. The first kappa shape index (κ1) is 24.4. The summed E-state index contributed by atoms with van der Waals surface area (Å²) < 4.78 is 7.30. The number of esters is 1. The van der Waals surface area contributed by atoms with E-state index in [0.29, 0.717) is 22.5 Å². The van der Waals surface area contributed by atoms with Crippen molar-refractivity contribution in [3.8, 4) is 0 Å². The summed E-state index contributed by atoms with van der Waals surface area (Å²) in [6.45, 7) is 9.41. The number of ether oxygens (including phenoxy) is 1. The fourth-order valence-corrected chi connectivity index (χ4v) is 4.49. The van der Waals surface area contributed by atoms with E-state index >= 15 is 0 Å². The molecule has 0 aliphatic carbocycles. The Balaban J connectivity index is 1.79. The molecule has 182 valence electrons. The number of carbonyl (C=O) groups is 2. The number of aliphatic hydroxyl groups excluding tert-OH is 1. The second-order valence-corrected chi connectivity index (χ2v) is 8.96. The normalized spacial score (nSPS) is 15.4. The number of hydrazone groups is 1. The van der Waals surface area contributed by atoms with Crippen molar-refractivity contribution in [2.75, 3.05) is 11.6 Å². The van der Waals surface area contributed by atoms with Crippen LogP contribution in [-0.2, 0) is 19.9 Å². The standard InChI is InChI=1S/C27H29N3O5/c1-6-35-26(34)27(4,5)29-17(3)22(20-9-7-8-10-23(20)29)15-21-16(2)28-30(24(21)31)19-13-11-18(12-14-19)25(32)33/h7-15,25,32-33H,6H2,1-5H3. The van der Waals surface area contributed by atoms with Crippen LogP contribution >= 0.6 is 0 Å². The molecule has 0 atom stereocenters. The molecule has 0 bridgehead atoms. The Hall–Kier alpha value is -3.75. The third-order valence-corrected chi connectivity index (χ3v) is 6.28. The van der Waals surface area contributed by atoms with E-state index < -0.39 is 11.8 Å². The molecule has 0 spiro atoms. The molecule has 8 nitrogen and oxygen atoms in total. The first-order valence-electron chi connectivity index (χ1n) is 11.4. The number of anilines is 1. The van der Waals surface area contributed by atoms with Crippen molar-refractivity contribution >= 4 is 40.3 Å². The van der Waals surface area contributed by atoms with Gasteiger partial charge in [0.05, 0.1) is 23.6 Å².